The van der Waals surface area contributed by atoms with Crippen molar-refractivity contribution < 1.29 is 48.9 Å². The number of phenols is 1. The number of aromatic nitrogens is 2. The van der Waals surface area contributed by atoms with Crippen molar-refractivity contribution in [3.8, 4) is 5.75 Å². The number of thioether (sulfide) groups is 1. The van der Waals surface area contributed by atoms with Crippen LogP contribution >= 0.6 is 11.8 Å². The molecule has 0 radical (unpaired) electrons. The van der Waals surface area contributed by atoms with Gasteiger partial charge in [-0.25, -0.2) is 9.78 Å². The van der Waals surface area contributed by atoms with Crippen LogP contribution in [-0.4, -0.2) is 109 Å². The molecule has 0 unspecified atom stereocenters. The lowest BCUT2D eigenvalue weighted by Gasteiger charge is -2.26. The molecule has 12 N–H and O–H groups in total. The summed E-state index contributed by atoms with van der Waals surface area (Å²) in [5.74, 6) is -6.52. The Balaban J connectivity index is 2.22. The molecule has 0 spiro atoms. The van der Waals surface area contributed by atoms with Crippen LogP contribution in [0.15, 0.2) is 36.8 Å². The molecule has 0 aliphatic heterocycles. The number of nitrogens with one attached hydrogen (secondary N) is 5. The fourth-order valence-corrected chi connectivity index (χ4v) is 4.96. The second-order valence-electron chi connectivity index (χ2n) is 11.1. The maximum absolute atomic E-state index is 13.4. The van der Waals surface area contributed by atoms with Gasteiger partial charge in [0.15, 0.2) is 0 Å². The Morgan fingerprint density at radius 1 is 0.796 bits per heavy atom. The van der Waals surface area contributed by atoms with E-state index in [0.29, 0.717) is 17.0 Å². The Labute approximate surface area is 285 Å². The number of hydrogen-bond donors (Lipinski definition) is 10. The normalized spacial score (nSPS) is 13.9. The summed E-state index contributed by atoms with van der Waals surface area (Å²) in [7, 11) is 0. The SMILES string of the molecule is CSCC[C@H](NC(=O)[C@@H](N)Cc1ccc(O)cc1)C(=O)N[C@@H](CCC(=O)O)C(=O)N[C@@H](CCC(N)=O)C(=O)N[C@@H](Cc1cnc[nH]1)C(=O)O. The van der Waals surface area contributed by atoms with Gasteiger partial charge >= 0.3 is 11.9 Å². The summed E-state index contributed by atoms with van der Waals surface area (Å²) < 4.78 is 0. The zero-order chi connectivity index (χ0) is 36.5. The van der Waals surface area contributed by atoms with Crippen molar-refractivity contribution in [1.82, 2.24) is 31.2 Å². The van der Waals surface area contributed by atoms with E-state index in [1.54, 1.807) is 18.4 Å². The van der Waals surface area contributed by atoms with Gasteiger partial charge in [-0.3, -0.25) is 28.8 Å². The molecule has 2 aromatic rings. The van der Waals surface area contributed by atoms with Crippen molar-refractivity contribution in [2.75, 3.05) is 12.0 Å². The Kier molecular flexibility index (Phi) is 16.5. The molecule has 0 aliphatic rings. The number of carboxylic acids is 2. The van der Waals surface area contributed by atoms with Crippen LogP contribution in [0.1, 0.15) is 43.4 Å². The maximum Gasteiger partial charge on any atom is 0.326 e. The van der Waals surface area contributed by atoms with Gasteiger partial charge in [0.2, 0.25) is 29.5 Å². The molecule has 0 fully saturated rings. The Morgan fingerprint density at radius 3 is 1.82 bits per heavy atom. The highest BCUT2D eigenvalue weighted by Crippen LogP contribution is 2.12. The highest BCUT2D eigenvalue weighted by molar-refractivity contribution is 7.98. The molecule has 0 aliphatic carbocycles. The van der Waals surface area contributed by atoms with E-state index >= 15 is 0 Å². The molecule has 19 heteroatoms. The van der Waals surface area contributed by atoms with Gasteiger partial charge < -0.3 is 53.0 Å². The van der Waals surface area contributed by atoms with Crippen LogP contribution in [0.5, 0.6) is 5.75 Å². The van der Waals surface area contributed by atoms with E-state index in [0.717, 1.165) is 0 Å². The first kappa shape index (κ1) is 40.0. The summed E-state index contributed by atoms with van der Waals surface area (Å²) in [6.45, 7) is 0. The van der Waals surface area contributed by atoms with Gasteiger partial charge in [0.1, 0.15) is 29.9 Å². The van der Waals surface area contributed by atoms with Gasteiger partial charge in [-0.05, 0) is 55.4 Å². The monoisotopic (exact) mass is 706 g/mol. The third kappa shape index (κ3) is 14.6. The predicted octanol–water partition coefficient (Wildman–Crippen LogP) is -1.86. The minimum absolute atomic E-state index is 0.0339. The summed E-state index contributed by atoms with van der Waals surface area (Å²) in [6.07, 6.45) is 2.78. The second kappa shape index (κ2) is 20.3. The lowest BCUT2D eigenvalue weighted by molar-refractivity contribution is -0.142. The first-order valence-corrected chi connectivity index (χ1v) is 16.5. The number of phenolic OH excluding ortho intramolecular Hbond substituents is 1. The van der Waals surface area contributed by atoms with Crippen molar-refractivity contribution >= 4 is 53.2 Å². The lowest BCUT2D eigenvalue weighted by atomic mass is 10.0. The number of carboxylic acid groups (broad SMARTS) is 2. The standard InChI is InChI=1S/C30H42N8O10S/c1-49-11-10-22(35-26(43)19(31)12-16-2-4-18(39)5-3-16)29(46)37-21(7-9-25(41)42)27(44)36-20(6-8-24(32)40)28(45)38-23(30(47)48)13-17-14-33-15-34-17/h2-5,14-15,19-23,39H,6-13,31H2,1H3,(H2,32,40)(H,33,34)(H,35,43)(H,36,44)(H,37,46)(H,38,45)(H,41,42)(H,47,48)/t19-,20-,21-,22-,23-/m0/s1. The molecule has 0 saturated heterocycles. The van der Waals surface area contributed by atoms with Gasteiger partial charge in [-0.15, -0.1) is 0 Å². The number of aromatic hydroxyl groups is 1. The molecule has 5 atom stereocenters. The second-order valence-corrected chi connectivity index (χ2v) is 12.0. The third-order valence-electron chi connectivity index (χ3n) is 7.16. The Bertz CT molecular complexity index is 1440. The zero-order valence-electron chi connectivity index (χ0n) is 26.7. The molecule has 49 heavy (non-hydrogen) atoms. The number of nitrogens with zero attached hydrogens (tertiary/aromatic N) is 1. The topological polar surface area (TPSA) is 309 Å². The minimum atomic E-state index is -1.52. The predicted molar refractivity (Wildman–Crippen MR) is 176 cm³/mol. The fraction of sp³-hybridized carbons (Fsp3) is 0.467. The van der Waals surface area contributed by atoms with E-state index in [1.807, 2.05) is 0 Å². The number of imidazole rings is 1. The lowest BCUT2D eigenvalue weighted by Crippen LogP contribution is -2.58. The van der Waals surface area contributed by atoms with Crippen LogP contribution in [0.4, 0.5) is 0 Å². The van der Waals surface area contributed by atoms with Crippen molar-refractivity contribution in [3.05, 3.63) is 48.0 Å². The number of rotatable bonds is 22. The summed E-state index contributed by atoms with van der Waals surface area (Å²) in [6, 6.07) is -0.690. The number of carbonyl (C=O) groups is 7. The van der Waals surface area contributed by atoms with Crippen LogP contribution in [0.3, 0.4) is 0 Å². The van der Waals surface area contributed by atoms with E-state index < -0.39 is 84.5 Å². The molecule has 2 rings (SSSR count). The van der Waals surface area contributed by atoms with Crippen LogP contribution in [0, 0.1) is 0 Å². The molecular formula is C30H42N8O10S. The molecule has 1 heterocycles. The third-order valence-corrected chi connectivity index (χ3v) is 7.80. The first-order chi connectivity index (χ1) is 23.2. The van der Waals surface area contributed by atoms with Gasteiger partial charge in [0.25, 0.3) is 0 Å². The Hall–Kier alpha value is -5.17. The number of primary amides is 1. The molecular weight excluding hydrogens is 664 g/mol. The van der Waals surface area contributed by atoms with Gasteiger partial charge in [0.05, 0.1) is 12.4 Å². The zero-order valence-corrected chi connectivity index (χ0v) is 27.5. The van der Waals surface area contributed by atoms with Crippen LogP contribution in [0.2, 0.25) is 0 Å². The highest BCUT2D eigenvalue weighted by Gasteiger charge is 2.32. The smallest absolute Gasteiger partial charge is 0.326 e. The molecule has 1 aromatic heterocycles. The molecule has 1 aromatic carbocycles. The minimum Gasteiger partial charge on any atom is -0.508 e. The van der Waals surface area contributed by atoms with Crippen molar-refractivity contribution in [2.45, 2.75) is 75.2 Å². The molecule has 18 nitrogen and oxygen atoms in total. The average Bonchev–Trinajstić information content (AvgIpc) is 3.56. The van der Waals surface area contributed by atoms with Gasteiger partial charge in [0, 0.05) is 31.2 Å². The fourth-order valence-electron chi connectivity index (χ4n) is 4.49. The van der Waals surface area contributed by atoms with Crippen molar-refractivity contribution in [1.29, 1.82) is 0 Å². The average molecular weight is 707 g/mol. The number of benzene rings is 1. The largest absolute Gasteiger partial charge is 0.508 e. The van der Waals surface area contributed by atoms with Crippen molar-refractivity contribution in [2.24, 2.45) is 11.5 Å². The number of aromatic amines is 1. The van der Waals surface area contributed by atoms with E-state index in [2.05, 4.69) is 31.2 Å². The van der Waals surface area contributed by atoms with Crippen LogP contribution < -0.4 is 32.7 Å². The van der Waals surface area contributed by atoms with E-state index in [1.165, 1.54) is 36.4 Å². The van der Waals surface area contributed by atoms with Gasteiger partial charge in [-0.2, -0.15) is 11.8 Å². The number of aliphatic carboxylic acids is 2. The number of H-pyrrole nitrogens is 1. The summed E-state index contributed by atoms with van der Waals surface area (Å²) in [5.41, 5.74) is 12.3. The maximum atomic E-state index is 13.4. The summed E-state index contributed by atoms with van der Waals surface area (Å²) in [5, 5.41) is 38.1. The molecule has 0 saturated carbocycles. The molecule has 5 amide bonds. The Morgan fingerprint density at radius 2 is 1.33 bits per heavy atom. The molecule has 0 bridgehead atoms. The number of carbonyl (C=O) groups excluding carboxylic acids is 5. The number of nitrogens with two attached hydrogens (primary N) is 2. The summed E-state index contributed by atoms with van der Waals surface area (Å²) in [4.78, 5) is 94.3. The van der Waals surface area contributed by atoms with Crippen LogP contribution in [-0.2, 0) is 46.4 Å². The van der Waals surface area contributed by atoms with Gasteiger partial charge in [-0.1, -0.05) is 12.1 Å². The summed E-state index contributed by atoms with van der Waals surface area (Å²) >= 11 is 1.38. The molecule has 268 valence electrons. The quantitative estimate of drug-likeness (QED) is 0.0643. The van der Waals surface area contributed by atoms with Crippen LogP contribution in [0.25, 0.3) is 0 Å². The van der Waals surface area contributed by atoms with E-state index in [4.69, 9.17) is 11.5 Å². The first-order valence-electron chi connectivity index (χ1n) is 15.1. The van der Waals surface area contributed by atoms with E-state index in [-0.39, 0.29) is 37.9 Å². The van der Waals surface area contributed by atoms with Crippen molar-refractivity contribution in [3.63, 3.8) is 0 Å². The number of hydrogen-bond acceptors (Lipinski definition) is 11. The van der Waals surface area contributed by atoms with E-state index in [9.17, 15) is 48.9 Å². The number of amides is 5. The highest BCUT2D eigenvalue weighted by atomic mass is 32.2.